The van der Waals surface area contributed by atoms with Gasteiger partial charge in [0.05, 0.1) is 28.2 Å². The minimum atomic E-state index is -4.12. The van der Waals surface area contributed by atoms with Crippen LogP contribution in [0.25, 0.3) is 0 Å². The number of epoxide rings is 1. The smallest absolute Gasteiger partial charge is 0.297 e. The minimum absolute atomic E-state index is 0.0111. The lowest BCUT2D eigenvalue weighted by molar-refractivity contribution is -0.384. The molecule has 1 saturated heterocycles. The van der Waals surface area contributed by atoms with Gasteiger partial charge in [-0.05, 0) is 36.4 Å². The zero-order chi connectivity index (χ0) is 21.1. The Labute approximate surface area is 173 Å². The Hall–Kier alpha value is -3.43. The summed E-state index contributed by atoms with van der Waals surface area (Å²) in [5, 5.41) is 11.8. The highest BCUT2D eigenvalue weighted by Gasteiger charge is 2.32. The molecule has 30 heavy (non-hydrogen) atoms. The molecule has 9 heteroatoms. The fraction of sp³-hybridized carbons (Fsp3) is 0.143. The lowest BCUT2D eigenvalue weighted by Crippen LogP contribution is -2.27. The summed E-state index contributed by atoms with van der Waals surface area (Å²) in [5.74, 6) is 0.270. The van der Waals surface area contributed by atoms with E-state index >= 15 is 0 Å². The summed E-state index contributed by atoms with van der Waals surface area (Å²) in [7, 11) is -4.12. The number of anilines is 2. The van der Waals surface area contributed by atoms with Crippen LogP contribution in [-0.2, 0) is 14.8 Å². The first kappa shape index (κ1) is 19.9. The Morgan fingerprint density at radius 3 is 2.27 bits per heavy atom. The second kappa shape index (κ2) is 8.13. The van der Waals surface area contributed by atoms with Gasteiger partial charge in [-0.25, -0.2) is 12.7 Å². The van der Waals surface area contributed by atoms with E-state index in [0.29, 0.717) is 6.61 Å². The molecule has 0 N–H and O–H groups in total. The van der Waals surface area contributed by atoms with Crippen LogP contribution in [0.2, 0.25) is 0 Å². The molecular formula is C21H18N2O6S. The van der Waals surface area contributed by atoms with Crippen LogP contribution in [0.4, 0.5) is 17.1 Å². The van der Waals surface area contributed by atoms with Crippen LogP contribution in [0.3, 0.4) is 0 Å². The highest BCUT2D eigenvalue weighted by Crippen LogP contribution is 2.40. The molecule has 0 amide bonds. The van der Waals surface area contributed by atoms with E-state index < -0.39 is 14.9 Å². The molecule has 1 atom stereocenters. The Balaban J connectivity index is 1.84. The third-order valence-corrected chi connectivity index (χ3v) is 6.23. The standard InChI is InChI=1S/C21H18N2O6S/c24-23(25)21-13-17(28-14-18-15-29-18)11-12-20(21)22(16-7-3-1-4-8-16)30(26,27)19-9-5-2-6-10-19/h1-13,18H,14-15H2. The normalized spacial score (nSPS) is 15.4. The van der Waals surface area contributed by atoms with Gasteiger partial charge >= 0.3 is 0 Å². The monoisotopic (exact) mass is 426 g/mol. The molecule has 154 valence electrons. The largest absolute Gasteiger partial charge is 0.491 e. The van der Waals surface area contributed by atoms with Crippen LogP contribution in [0, 0.1) is 10.1 Å². The molecule has 1 aliphatic heterocycles. The SMILES string of the molecule is O=[N+]([O-])c1cc(OCC2CO2)ccc1N(c1ccccc1)S(=O)(=O)c1ccccc1. The number of nitro benzene ring substituents is 1. The predicted molar refractivity (Wildman–Crippen MR) is 111 cm³/mol. The van der Waals surface area contributed by atoms with Crippen molar-refractivity contribution in [2.24, 2.45) is 0 Å². The van der Waals surface area contributed by atoms with E-state index in [1.165, 1.54) is 30.3 Å². The average molecular weight is 426 g/mol. The van der Waals surface area contributed by atoms with E-state index in [1.54, 1.807) is 48.5 Å². The average Bonchev–Trinajstić information content (AvgIpc) is 3.59. The van der Waals surface area contributed by atoms with Gasteiger partial charge in [-0.15, -0.1) is 0 Å². The van der Waals surface area contributed by atoms with Crippen molar-refractivity contribution in [3.63, 3.8) is 0 Å². The molecule has 8 nitrogen and oxygen atoms in total. The quantitative estimate of drug-likeness (QED) is 0.308. The molecule has 0 radical (unpaired) electrons. The first-order valence-corrected chi connectivity index (χ1v) is 10.6. The van der Waals surface area contributed by atoms with Gasteiger partial charge in [0.1, 0.15) is 24.1 Å². The highest BCUT2D eigenvalue weighted by molar-refractivity contribution is 7.93. The molecule has 0 aromatic heterocycles. The molecule has 0 saturated carbocycles. The van der Waals surface area contributed by atoms with Crippen molar-refractivity contribution >= 4 is 27.1 Å². The number of ether oxygens (including phenoxy) is 2. The maximum absolute atomic E-state index is 13.5. The van der Waals surface area contributed by atoms with Gasteiger partial charge < -0.3 is 9.47 Å². The summed E-state index contributed by atoms with van der Waals surface area (Å²) in [5.41, 5.74) is -0.179. The fourth-order valence-electron chi connectivity index (χ4n) is 2.93. The molecule has 1 unspecified atom stereocenters. The second-order valence-electron chi connectivity index (χ2n) is 6.59. The first-order chi connectivity index (χ1) is 14.5. The zero-order valence-electron chi connectivity index (χ0n) is 15.7. The van der Waals surface area contributed by atoms with Crippen molar-refractivity contribution in [3.8, 4) is 5.75 Å². The van der Waals surface area contributed by atoms with Crippen molar-refractivity contribution in [3.05, 3.63) is 89.0 Å². The molecule has 1 heterocycles. The van der Waals surface area contributed by atoms with Crippen LogP contribution in [0.5, 0.6) is 5.75 Å². The minimum Gasteiger partial charge on any atom is -0.491 e. The fourth-order valence-corrected chi connectivity index (χ4v) is 4.46. The molecular weight excluding hydrogens is 408 g/mol. The van der Waals surface area contributed by atoms with Gasteiger partial charge in [0, 0.05) is 0 Å². The maximum atomic E-state index is 13.5. The number of nitrogens with zero attached hydrogens (tertiary/aromatic N) is 2. The van der Waals surface area contributed by atoms with Crippen molar-refractivity contribution in [1.82, 2.24) is 0 Å². The third-order valence-electron chi connectivity index (χ3n) is 4.47. The summed E-state index contributed by atoms with van der Waals surface area (Å²) < 4.78 is 38.5. The molecule has 0 bridgehead atoms. The molecule has 0 spiro atoms. The van der Waals surface area contributed by atoms with Gasteiger partial charge in [-0.1, -0.05) is 36.4 Å². The molecule has 4 rings (SSSR count). The number of nitro groups is 1. The molecule has 1 fully saturated rings. The third kappa shape index (κ3) is 4.12. The van der Waals surface area contributed by atoms with E-state index in [1.807, 2.05) is 0 Å². The Kier molecular flexibility index (Phi) is 5.39. The van der Waals surface area contributed by atoms with E-state index in [-0.39, 0.29) is 40.4 Å². The van der Waals surface area contributed by atoms with Crippen molar-refractivity contribution < 1.29 is 22.8 Å². The topological polar surface area (TPSA) is 102 Å². The molecule has 3 aromatic carbocycles. The number of para-hydroxylation sites is 1. The van der Waals surface area contributed by atoms with Gasteiger partial charge in [-0.3, -0.25) is 10.1 Å². The Morgan fingerprint density at radius 1 is 1.03 bits per heavy atom. The van der Waals surface area contributed by atoms with E-state index in [9.17, 15) is 18.5 Å². The van der Waals surface area contributed by atoms with E-state index in [2.05, 4.69) is 0 Å². The van der Waals surface area contributed by atoms with Gasteiger partial charge in [0.2, 0.25) is 0 Å². The van der Waals surface area contributed by atoms with Crippen LogP contribution < -0.4 is 9.04 Å². The number of sulfonamides is 1. The summed E-state index contributed by atoms with van der Waals surface area (Å²) in [6, 6.07) is 20.2. The summed E-state index contributed by atoms with van der Waals surface area (Å²) in [6.07, 6.45) is -0.0111. The highest BCUT2D eigenvalue weighted by atomic mass is 32.2. The molecule has 1 aliphatic rings. The molecule has 0 aliphatic carbocycles. The van der Waals surface area contributed by atoms with Gasteiger partial charge in [0.15, 0.2) is 0 Å². The van der Waals surface area contributed by atoms with E-state index in [4.69, 9.17) is 9.47 Å². The number of benzene rings is 3. The summed E-state index contributed by atoms with van der Waals surface area (Å²) >= 11 is 0. The number of rotatable bonds is 8. The predicted octanol–water partition coefficient (Wildman–Crippen LogP) is 3.90. The lowest BCUT2D eigenvalue weighted by atomic mass is 10.2. The van der Waals surface area contributed by atoms with Gasteiger partial charge in [-0.2, -0.15) is 0 Å². The zero-order valence-corrected chi connectivity index (χ0v) is 16.6. The second-order valence-corrected chi connectivity index (χ2v) is 8.38. The summed E-state index contributed by atoms with van der Waals surface area (Å²) in [6.45, 7) is 0.874. The Bertz CT molecular complexity index is 1150. The maximum Gasteiger partial charge on any atom is 0.297 e. The first-order valence-electron chi connectivity index (χ1n) is 9.15. The van der Waals surface area contributed by atoms with Crippen molar-refractivity contribution in [1.29, 1.82) is 0 Å². The van der Waals surface area contributed by atoms with Crippen LogP contribution in [0.15, 0.2) is 83.8 Å². The number of hydrogen-bond donors (Lipinski definition) is 0. The number of hydrogen-bond acceptors (Lipinski definition) is 6. The summed E-state index contributed by atoms with van der Waals surface area (Å²) in [4.78, 5) is 11.2. The van der Waals surface area contributed by atoms with Crippen LogP contribution in [-0.4, -0.2) is 32.7 Å². The van der Waals surface area contributed by atoms with Crippen LogP contribution in [0.1, 0.15) is 0 Å². The van der Waals surface area contributed by atoms with Crippen molar-refractivity contribution in [2.45, 2.75) is 11.0 Å². The molecule has 3 aromatic rings. The van der Waals surface area contributed by atoms with Crippen LogP contribution >= 0.6 is 0 Å². The van der Waals surface area contributed by atoms with E-state index in [0.717, 1.165) is 4.31 Å². The Morgan fingerprint density at radius 2 is 1.67 bits per heavy atom. The lowest BCUT2D eigenvalue weighted by Gasteiger charge is -2.24. The van der Waals surface area contributed by atoms with Crippen molar-refractivity contribution in [2.75, 3.05) is 17.5 Å². The van der Waals surface area contributed by atoms with Gasteiger partial charge in [0.25, 0.3) is 15.7 Å².